The summed E-state index contributed by atoms with van der Waals surface area (Å²) in [6.45, 7) is 2.81. The molecule has 0 bridgehead atoms. The third-order valence-corrected chi connectivity index (χ3v) is 3.27. The van der Waals surface area contributed by atoms with Gasteiger partial charge in [-0.05, 0) is 53.3 Å². The summed E-state index contributed by atoms with van der Waals surface area (Å²) >= 11 is 2.33. The van der Waals surface area contributed by atoms with Crippen LogP contribution >= 0.6 is 22.6 Å². The third-order valence-electron chi connectivity index (χ3n) is 2.33. The number of halogens is 1. The highest BCUT2D eigenvalue weighted by Gasteiger charge is 1.97. The van der Waals surface area contributed by atoms with Crippen molar-refractivity contribution in [2.24, 2.45) is 0 Å². The topological polar surface area (TPSA) is 24.9 Å². The molecule has 82 valence electrons. The van der Waals surface area contributed by atoms with Gasteiger partial charge in [0, 0.05) is 27.7 Å². The summed E-state index contributed by atoms with van der Waals surface area (Å²) in [5, 5.41) is 3.40. The number of rotatable bonds is 3. The van der Waals surface area contributed by atoms with Gasteiger partial charge in [-0.2, -0.15) is 0 Å². The Morgan fingerprint density at radius 2 is 2.00 bits per heavy atom. The Hall–Kier alpha value is -1.10. The lowest BCUT2D eigenvalue weighted by molar-refractivity contribution is 1.08. The van der Waals surface area contributed by atoms with Crippen molar-refractivity contribution in [1.82, 2.24) is 4.98 Å². The molecule has 0 unspecified atom stereocenters. The van der Waals surface area contributed by atoms with Crippen molar-refractivity contribution in [3.8, 4) is 0 Å². The van der Waals surface area contributed by atoms with Gasteiger partial charge < -0.3 is 5.32 Å². The number of hydrogen-bond acceptors (Lipinski definition) is 2. The van der Waals surface area contributed by atoms with Crippen molar-refractivity contribution in [2.75, 3.05) is 5.32 Å². The Bertz CT molecular complexity index is 466. The Balaban J connectivity index is 2.02. The van der Waals surface area contributed by atoms with Gasteiger partial charge in [-0.25, -0.2) is 0 Å². The number of aryl methyl sites for hydroxylation is 1. The predicted molar refractivity (Wildman–Crippen MR) is 75.5 cm³/mol. The van der Waals surface area contributed by atoms with Crippen LogP contribution in [0.15, 0.2) is 42.6 Å². The van der Waals surface area contributed by atoms with Gasteiger partial charge in [0.1, 0.15) is 0 Å². The molecule has 2 rings (SSSR count). The molecule has 1 heterocycles. The maximum absolute atomic E-state index is 4.27. The summed E-state index contributed by atoms with van der Waals surface area (Å²) in [5.74, 6) is 0. The monoisotopic (exact) mass is 324 g/mol. The van der Waals surface area contributed by atoms with Crippen molar-refractivity contribution in [3.63, 3.8) is 0 Å². The molecule has 0 saturated carbocycles. The minimum absolute atomic E-state index is 0.813. The molecule has 0 fully saturated rings. The number of anilines is 1. The maximum atomic E-state index is 4.27. The van der Waals surface area contributed by atoms with Crippen LogP contribution in [0.3, 0.4) is 0 Å². The van der Waals surface area contributed by atoms with E-state index in [4.69, 9.17) is 0 Å². The highest BCUT2D eigenvalue weighted by molar-refractivity contribution is 14.1. The zero-order valence-corrected chi connectivity index (χ0v) is 11.2. The minimum atomic E-state index is 0.813. The lowest BCUT2D eigenvalue weighted by atomic mass is 10.2. The molecule has 16 heavy (non-hydrogen) atoms. The van der Waals surface area contributed by atoms with Crippen LogP contribution in [-0.4, -0.2) is 4.98 Å². The van der Waals surface area contributed by atoms with Crippen LogP contribution in [0.4, 0.5) is 5.69 Å². The molecule has 0 amide bonds. The van der Waals surface area contributed by atoms with Crippen molar-refractivity contribution in [3.05, 3.63) is 57.4 Å². The quantitative estimate of drug-likeness (QED) is 0.873. The first-order valence-corrected chi connectivity index (χ1v) is 6.23. The first-order valence-electron chi connectivity index (χ1n) is 5.15. The number of para-hydroxylation sites is 1. The third kappa shape index (κ3) is 2.95. The van der Waals surface area contributed by atoms with Crippen LogP contribution in [0.5, 0.6) is 0 Å². The minimum Gasteiger partial charge on any atom is -0.380 e. The molecule has 0 aliphatic carbocycles. The molecular weight excluding hydrogens is 311 g/mol. The Kier molecular flexibility index (Phi) is 3.77. The van der Waals surface area contributed by atoms with E-state index < -0.39 is 0 Å². The van der Waals surface area contributed by atoms with E-state index in [1.807, 2.05) is 31.3 Å². The molecule has 0 spiro atoms. The average Bonchev–Trinajstić information content (AvgIpc) is 2.30. The van der Waals surface area contributed by atoms with E-state index in [-0.39, 0.29) is 0 Å². The molecule has 1 aromatic heterocycles. The number of hydrogen-bond donors (Lipinski definition) is 1. The lowest BCUT2D eigenvalue weighted by Crippen LogP contribution is -2.01. The normalized spacial score (nSPS) is 10.1. The zero-order valence-electron chi connectivity index (χ0n) is 9.07. The standard InChI is InChI=1S/C13H13IN2/c1-10-6-7-11(8-15-10)9-16-13-5-3-2-4-12(13)14/h2-8,16H,9H2,1H3. The highest BCUT2D eigenvalue weighted by atomic mass is 127. The summed E-state index contributed by atoms with van der Waals surface area (Å²) in [7, 11) is 0. The van der Waals surface area contributed by atoms with Crippen LogP contribution in [0.25, 0.3) is 0 Å². The van der Waals surface area contributed by atoms with Crippen molar-refractivity contribution in [1.29, 1.82) is 0 Å². The average molecular weight is 324 g/mol. The van der Waals surface area contributed by atoms with E-state index in [0.717, 1.165) is 12.2 Å². The summed E-state index contributed by atoms with van der Waals surface area (Å²) < 4.78 is 1.24. The van der Waals surface area contributed by atoms with Gasteiger partial charge >= 0.3 is 0 Å². The number of nitrogens with zero attached hydrogens (tertiary/aromatic N) is 1. The molecule has 0 saturated heterocycles. The maximum Gasteiger partial charge on any atom is 0.0478 e. The Labute approximate surface area is 109 Å². The number of nitrogens with one attached hydrogen (secondary N) is 1. The Morgan fingerprint density at radius 1 is 1.19 bits per heavy atom. The highest BCUT2D eigenvalue weighted by Crippen LogP contribution is 2.17. The fourth-order valence-corrected chi connectivity index (χ4v) is 1.98. The van der Waals surface area contributed by atoms with Crippen molar-refractivity contribution < 1.29 is 0 Å². The van der Waals surface area contributed by atoms with Crippen LogP contribution in [0.2, 0.25) is 0 Å². The van der Waals surface area contributed by atoms with Crippen LogP contribution < -0.4 is 5.32 Å². The van der Waals surface area contributed by atoms with E-state index in [2.05, 4.69) is 51.1 Å². The van der Waals surface area contributed by atoms with Gasteiger partial charge in [0.05, 0.1) is 0 Å². The summed E-state index contributed by atoms with van der Waals surface area (Å²) in [4.78, 5) is 4.27. The predicted octanol–water partition coefficient (Wildman–Crippen LogP) is 3.61. The van der Waals surface area contributed by atoms with Gasteiger partial charge in [0.15, 0.2) is 0 Å². The fraction of sp³-hybridized carbons (Fsp3) is 0.154. The molecule has 0 aliphatic heterocycles. The summed E-state index contributed by atoms with van der Waals surface area (Å²) in [6, 6.07) is 12.4. The van der Waals surface area contributed by atoms with Gasteiger partial charge in [0.2, 0.25) is 0 Å². The second kappa shape index (κ2) is 5.30. The smallest absolute Gasteiger partial charge is 0.0478 e. The largest absolute Gasteiger partial charge is 0.380 e. The zero-order chi connectivity index (χ0) is 11.4. The second-order valence-electron chi connectivity index (χ2n) is 3.64. The van der Waals surface area contributed by atoms with E-state index in [0.29, 0.717) is 0 Å². The summed E-state index contributed by atoms with van der Waals surface area (Å²) in [5.41, 5.74) is 3.42. The molecule has 2 nitrogen and oxygen atoms in total. The van der Waals surface area contributed by atoms with E-state index in [1.54, 1.807) is 0 Å². The SMILES string of the molecule is Cc1ccc(CNc2ccccc2I)cn1. The van der Waals surface area contributed by atoms with Crippen molar-refractivity contribution in [2.45, 2.75) is 13.5 Å². The van der Waals surface area contributed by atoms with Gasteiger partial charge in [0.25, 0.3) is 0 Å². The van der Waals surface area contributed by atoms with Crippen molar-refractivity contribution >= 4 is 28.3 Å². The van der Waals surface area contributed by atoms with Gasteiger partial charge in [-0.1, -0.05) is 18.2 Å². The molecule has 1 N–H and O–H groups in total. The van der Waals surface area contributed by atoms with Crippen LogP contribution in [-0.2, 0) is 6.54 Å². The molecular formula is C13H13IN2. The van der Waals surface area contributed by atoms with Crippen LogP contribution in [0, 0.1) is 10.5 Å². The van der Waals surface area contributed by atoms with Gasteiger partial charge in [-0.15, -0.1) is 0 Å². The Morgan fingerprint density at radius 3 is 2.69 bits per heavy atom. The van der Waals surface area contributed by atoms with Gasteiger partial charge in [-0.3, -0.25) is 4.98 Å². The molecule has 2 aromatic rings. The second-order valence-corrected chi connectivity index (χ2v) is 4.80. The number of pyridine rings is 1. The van der Waals surface area contributed by atoms with E-state index >= 15 is 0 Å². The first-order chi connectivity index (χ1) is 7.75. The molecule has 0 atom stereocenters. The van der Waals surface area contributed by atoms with E-state index in [9.17, 15) is 0 Å². The fourth-order valence-electron chi connectivity index (χ4n) is 1.40. The molecule has 3 heteroatoms. The number of aromatic nitrogens is 1. The summed E-state index contributed by atoms with van der Waals surface area (Å²) in [6.07, 6.45) is 1.91. The molecule has 0 radical (unpaired) electrons. The first kappa shape index (κ1) is 11.4. The van der Waals surface area contributed by atoms with Crippen LogP contribution in [0.1, 0.15) is 11.3 Å². The number of benzene rings is 1. The lowest BCUT2D eigenvalue weighted by Gasteiger charge is -2.08. The molecule has 0 aliphatic rings. The molecule has 1 aromatic carbocycles. The van der Waals surface area contributed by atoms with E-state index in [1.165, 1.54) is 14.8 Å².